The van der Waals surface area contributed by atoms with Gasteiger partial charge in [-0.25, -0.2) is 0 Å². The maximum absolute atomic E-state index is 11.4. The van der Waals surface area contributed by atoms with Gasteiger partial charge in [0.05, 0.1) is 5.41 Å². The van der Waals surface area contributed by atoms with Crippen LogP contribution in [0.3, 0.4) is 0 Å². The molecule has 0 saturated heterocycles. The van der Waals surface area contributed by atoms with Crippen LogP contribution < -0.4 is 0 Å². The van der Waals surface area contributed by atoms with Crippen molar-refractivity contribution in [3.63, 3.8) is 0 Å². The Kier molecular flexibility index (Phi) is 2.82. The first-order chi connectivity index (χ1) is 7.47. The highest BCUT2D eigenvalue weighted by molar-refractivity contribution is 9.10. The van der Waals surface area contributed by atoms with Crippen LogP contribution in [-0.4, -0.2) is 11.1 Å². The van der Waals surface area contributed by atoms with Crippen LogP contribution in [0.15, 0.2) is 22.7 Å². The molecule has 1 N–H and O–H groups in total. The summed E-state index contributed by atoms with van der Waals surface area (Å²) in [4.78, 5) is 11.4. The summed E-state index contributed by atoms with van der Waals surface area (Å²) in [7, 11) is 0. The number of rotatable bonds is 3. The van der Waals surface area contributed by atoms with Gasteiger partial charge in [0.15, 0.2) is 0 Å². The first-order valence-electron chi connectivity index (χ1n) is 5.51. The van der Waals surface area contributed by atoms with Crippen molar-refractivity contribution in [2.75, 3.05) is 0 Å². The van der Waals surface area contributed by atoms with E-state index >= 15 is 0 Å². The highest BCUT2D eigenvalue weighted by Crippen LogP contribution is 2.51. The fourth-order valence-electron chi connectivity index (χ4n) is 2.17. The highest BCUT2D eigenvalue weighted by Gasteiger charge is 2.52. The van der Waals surface area contributed by atoms with E-state index < -0.39 is 11.4 Å². The van der Waals surface area contributed by atoms with Gasteiger partial charge in [0.1, 0.15) is 0 Å². The molecule has 1 aliphatic carbocycles. The molecule has 16 heavy (non-hydrogen) atoms. The SMILES string of the molecule is CC(C)c1ccc(Br)cc1C1(C(=O)O)CC1. The van der Waals surface area contributed by atoms with Crippen LogP contribution in [0.4, 0.5) is 0 Å². The summed E-state index contributed by atoms with van der Waals surface area (Å²) in [5.41, 5.74) is 1.54. The number of carboxylic acids is 1. The Hall–Kier alpha value is -0.830. The minimum Gasteiger partial charge on any atom is -0.481 e. The van der Waals surface area contributed by atoms with Gasteiger partial charge < -0.3 is 5.11 Å². The van der Waals surface area contributed by atoms with Gasteiger partial charge in [0, 0.05) is 4.47 Å². The van der Waals surface area contributed by atoms with Gasteiger partial charge in [-0.1, -0.05) is 35.8 Å². The molecule has 86 valence electrons. The third-order valence-corrected chi connectivity index (χ3v) is 3.81. The molecule has 1 saturated carbocycles. The average molecular weight is 283 g/mol. The smallest absolute Gasteiger partial charge is 0.314 e. The second-order valence-electron chi connectivity index (χ2n) is 4.77. The molecule has 1 fully saturated rings. The van der Waals surface area contributed by atoms with Crippen LogP contribution in [0, 0.1) is 0 Å². The minimum absolute atomic E-state index is 0.361. The molecule has 0 aromatic heterocycles. The number of carboxylic acid groups (broad SMARTS) is 1. The quantitative estimate of drug-likeness (QED) is 0.918. The summed E-state index contributed by atoms with van der Waals surface area (Å²) >= 11 is 3.42. The van der Waals surface area contributed by atoms with E-state index in [-0.39, 0.29) is 0 Å². The third-order valence-electron chi connectivity index (χ3n) is 3.31. The Morgan fingerprint density at radius 3 is 2.50 bits per heavy atom. The lowest BCUT2D eigenvalue weighted by Crippen LogP contribution is -2.21. The summed E-state index contributed by atoms with van der Waals surface area (Å²) in [5, 5.41) is 9.34. The van der Waals surface area contributed by atoms with Gasteiger partial charge in [0.25, 0.3) is 0 Å². The lowest BCUT2D eigenvalue weighted by molar-refractivity contribution is -0.140. The lowest BCUT2D eigenvalue weighted by atomic mass is 9.87. The molecular formula is C13H15BrO2. The number of hydrogen-bond donors (Lipinski definition) is 1. The van der Waals surface area contributed by atoms with Gasteiger partial charge in [-0.05, 0) is 42.0 Å². The molecule has 0 heterocycles. The maximum Gasteiger partial charge on any atom is 0.314 e. The molecule has 0 amide bonds. The fraction of sp³-hybridized carbons (Fsp3) is 0.462. The van der Waals surface area contributed by atoms with Crippen molar-refractivity contribution < 1.29 is 9.90 Å². The standard InChI is InChI=1S/C13H15BrO2/c1-8(2)10-4-3-9(14)7-11(10)13(5-6-13)12(15)16/h3-4,7-8H,5-6H2,1-2H3,(H,15,16). The zero-order valence-corrected chi connectivity index (χ0v) is 11.0. The van der Waals surface area contributed by atoms with Crippen LogP contribution >= 0.6 is 15.9 Å². The summed E-state index contributed by atoms with van der Waals surface area (Å²) in [5.74, 6) is -0.326. The number of aliphatic carboxylic acids is 1. The zero-order chi connectivity index (χ0) is 11.9. The molecular weight excluding hydrogens is 268 g/mol. The largest absolute Gasteiger partial charge is 0.481 e. The lowest BCUT2D eigenvalue weighted by Gasteiger charge is -2.18. The third kappa shape index (κ3) is 1.77. The predicted octanol–water partition coefficient (Wildman–Crippen LogP) is 3.69. The molecule has 0 aliphatic heterocycles. The van der Waals surface area contributed by atoms with Crippen molar-refractivity contribution in [2.24, 2.45) is 0 Å². The van der Waals surface area contributed by atoms with E-state index in [9.17, 15) is 9.90 Å². The van der Waals surface area contributed by atoms with E-state index in [4.69, 9.17) is 0 Å². The Labute approximate surface area is 104 Å². The van der Waals surface area contributed by atoms with Crippen molar-refractivity contribution in [2.45, 2.75) is 38.0 Å². The van der Waals surface area contributed by atoms with Gasteiger partial charge in [-0.15, -0.1) is 0 Å². The molecule has 0 radical (unpaired) electrons. The van der Waals surface area contributed by atoms with Crippen molar-refractivity contribution in [1.82, 2.24) is 0 Å². The van der Waals surface area contributed by atoms with Gasteiger partial charge in [-0.3, -0.25) is 4.79 Å². The van der Waals surface area contributed by atoms with Crippen molar-refractivity contribution >= 4 is 21.9 Å². The molecule has 1 aromatic rings. The van der Waals surface area contributed by atoms with Crippen LogP contribution in [0.1, 0.15) is 43.7 Å². The van der Waals surface area contributed by atoms with Crippen LogP contribution in [0.5, 0.6) is 0 Å². The van der Waals surface area contributed by atoms with Crippen LogP contribution in [-0.2, 0) is 10.2 Å². The monoisotopic (exact) mass is 282 g/mol. The highest BCUT2D eigenvalue weighted by atomic mass is 79.9. The molecule has 2 nitrogen and oxygen atoms in total. The van der Waals surface area contributed by atoms with Crippen molar-refractivity contribution in [3.8, 4) is 0 Å². The van der Waals surface area contributed by atoms with E-state index in [0.29, 0.717) is 5.92 Å². The van der Waals surface area contributed by atoms with Gasteiger partial charge in [-0.2, -0.15) is 0 Å². The summed E-state index contributed by atoms with van der Waals surface area (Å²) in [6.07, 6.45) is 1.52. The normalized spacial score (nSPS) is 17.5. The summed E-state index contributed by atoms with van der Waals surface area (Å²) < 4.78 is 0.958. The molecule has 2 rings (SSSR count). The Balaban J connectivity index is 2.54. The first kappa shape index (κ1) is 11.6. The van der Waals surface area contributed by atoms with E-state index in [1.165, 1.54) is 0 Å². The van der Waals surface area contributed by atoms with E-state index in [0.717, 1.165) is 28.4 Å². The fourth-order valence-corrected chi connectivity index (χ4v) is 2.53. The molecule has 0 spiro atoms. The topological polar surface area (TPSA) is 37.3 Å². The van der Waals surface area contributed by atoms with Gasteiger partial charge >= 0.3 is 5.97 Å². The Morgan fingerprint density at radius 1 is 1.44 bits per heavy atom. The van der Waals surface area contributed by atoms with Gasteiger partial charge in [0.2, 0.25) is 0 Å². The number of hydrogen-bond acceptors (Lipinski definition) is 1. The average Bonchev–Trinajstić information content (AvgIpc) is 2.97. The molecule has 3 heteroatoms. The summed E-state index contributed by atoms with van der Waals surface area (Å²) in [6.45, 7) is 4.20. The molecule has 0 unspecified atom stereocenters. The Morgan fingerprint density at radius 2 is 2.06 bits per heavy atom. The molecule has 1 aliphatic rings. The second-order valence-corrected chi connectivity index (χ2v) is 5.69. The second kappa shape index (κ2) is 3.88. The van der Waals surface area contributed by atoms with Crippen LogP contribution in [0.2, 0.25) is 0 Å². The number of halogens is 1. The van der Waals surface area contributed by atoms with Crippen LogP contribution in [0.25, 0.3) is 0 Å². The molecule has 1 aromatic carbocycles. The van der Waals surface area contributed by atoms with Crippen molar-refractivity contribution in [3.05, 3.63) is 33.8 Å². The van der Waals surface area contributed by atoms with E-state index in [1.807, 2.05) is 18.2 Å². The maximum atomic E-state index is 11.4. The minimum atomic E-state index is -0.687. The van der Waals surface area contributed by atoms with E-state index in [2.05, 4.69) is 29.8 Å². The number of benzene rings is 1. The summed E-state index contributed by atoms with van der Waals surface area (Å²) in [6, 6.07) is 5.99. The Bertz CT molecular complexity index is 434. The van der Waals surface area contributed by atoms with Crippen molar-refractivity contribution in [1.29, 1.82) is 0 Å². The number of carbonyl (C=O) groups is 1. The first-order valence-corrected chi connectivity index (χ1v) is 6.30. The van der Waals surface area contributed by atoms with E-state index in [1.54, 1.807) is 0 Å². The zero-order valence-electron chi connectivity index (χ0n) is 9.46. The predicted molar refractivity (Wildman–Crippen MR) is 66.8 cm³/mol. The molecule has 0 atom stereocenters. The molecule has 0 bridgehead atoms.